The Labute approximate surface area is 271 Å². The number of aromatic nitrogens is 1. The molecule has 0 aliphatic rings. The highest BCUT2D eigenvalue weighted by molar-refractivity contribution is 5.98. The number of methoxy groups -OCH3 is 2. The summed E-state index contributed by atoms with van der Waals surface area (Å²) < 4.78 is 24.7. The molecule has 1 heterocycles. The number of amides is 2. The molecule has 10 heteroatoms. The first kappa shape index (κ1) is 32.7. The maximum absolute atomic E-state index is 14.2. The van der Waals surface area contributed by atoms with E-state index in [-0.39, 0.29) is 24.2 Å². The Morgan fingerprint density at radius 1 is 0.809 bits per heavy atom. The van der Waals surface area contributed by atoms with Crippen LogP contribution in [0.1, 0.15) is 34.3 Å². The van der Waals surface area contributed by atoms with E-state index in [2.05, 4.69) is 15.6 Å². The predicted octanol–water partition coefficient (Wildman–Crippen LogP) is 5.92. The Morgan fingerprint density at radius 2 is 1.53 bits per heavy atom. The molecule has 4 aromatic carbocycles. The number of hydrogen-bond acceptors (Lipinski definition) is 5. The standard InChI is InChI=1S/C37H36FN3O6/c1-46-29-20-27(19-28(38)21-29)35(42)40-31(17-13-23-11-14-25(15-12-23)24-7-4-3-5-8-24)36(43)41-32(37(44)45)18-16-26-22-39-34-30(26)9-6-10-33(34)47-2/h3-12,14-15,19-22,31-32,39H,13,16-18H2,1-2H3,(H,40,42)(H,41,43)(H,44,45)/t31-,32+/m1/s1. The first-order valence-electron chi connectivity index (χ1n) is 15.2. The smallest absolute Gasteiger partial charge is 0.326 e. The lowest BCUT2D eigenvalue weighted by Gasteiger charge is -2.22. The van der Waals surface area contributed by atoms with Crippen LogP contribution >= 0.6 is 0 Å². The van der Waals surface area contributed by atoms with Gasteiger partial charge in [0.1, 0.15) is 29.4 Å². The molecule has 1 aromatic heterocycles. The number of benzene rings is 4. The molecule has 0 radical (unpaired) electrons. The number of carbonyl (C=O) groups is 3. The largest absolute Gasteiger partial charge is 0.497 e. The fraction of sp³-hybridized carbons (Fsp3) is 0.216. The van der Waals surface area contributed by atoms with Crippen LogP contribution in [0.3, 0.4) is 0 Å². The highest BCUT2D eigenvalue weighted by Crippen LogP contribution is 2.28. The van der Waals surface area contributed by atoms with Gasteiger partial charge in [0.15, 0.2) is 0 Å². The van der Waals surface area contributed by atoms with E-state index in [4.69, 9.17) is 9.47 Å². The quantitative estimate of drug-likeness (QED) is 0.120. The molecule has 0 aliphatic carbocycles. The third-order valence-electron chi connectivity index (χ3n) is 8.07. The van der Waals surface area contributed by atoms with Crippen molar-refractivity contribution in [1.82, 2.24) is 15.6 Å². The molecule has 0 aliphatic heterocycles. The molecule has 2 amide bonds. The number of halogens is 1. The number of hydrogen-bond donors (Lipinski definition) is 4. The first-order chi connectivity index (χ1) is 22.7. The summed E-state index contributed by atoms with van der Waals surface area (Å²) in [4.78, 5) is 42.3. The van der Waals surface area contributed by atoms with Crippen LogP contribution in [0.25, 0.3) is 22.0 Å². The van der Waals surface area contributed by atoms with Crippen molar-refractivity contribution < 1.29 is 33.4 Å². The summed E-state index contributed by atoms with van der Waals surface area (Å²) >= 11 is 0. The Balaban J connectivity index is 1.31. The predicted molar refractivity (Wildman–Crippen MR) is 177 cm³/mol. The van der Waals surface area contributed by atoms with Gasteiger partial charge in [-0.3, -0.25) is 9.59 Å². The van der Waals surface area contributed by atoms with Crippen molar-refractivity contribution >= 4 is 28.7 Å². The number of para-hydroxylation sites is 1. The van der Waals surface area contributed by atoms with Gasteiger partial charge in [-0.1, -0.05) is 66.7 Å². The van der Waals surface area contributed by atoms with Gasteiger partial charge in [-0.25, -0.2) is 9.18 Å². The van der Waals surface area contributed by atoms with Crippen LogP contribution < -0.4 is 20.1 Å². The topological polar surface area (TPSA) is 130 Å². The molecule has 0 spiro atoms. The van der Waals surface area contributed by atoms with E-state index in [9.17, 15) is 23.9 Å². The number of aromatic amines is 1. The van der Waals surface area contributed by atoms with Gasteiger partial charge in [-0.15, -0.1) is 0 Å². The summed E-state index contributed by atoms with van der Waals surface area (Å²) in [5.41, 5.74) is 4.68. The van der Waals surface area contributed by atoms with Crippen molar-refractivity contribution in [2.24, 2.45) is 0 Å². The SMILES string of the molecule is COc1cc(F)cc(C(=O)N[C@H](CCc2ccc(-c3ccccc3)cc2)C(=O)N[C@@H](CCc2c[nH]c3c(OC)cccc23)C(=O)O)c1. The molecule has 5 rings (SSSR count). The number of carboxylic acids is 1. The lowest BCUT2D eigenvalue weighted by Crippen LogP contribution is -2.52. The number of carbonyl (C=O) groups excluding carboxylic acids is 2. The number of carboxylic acid groups (broad SMARTS) is 1. The second kappa shape index (κ2) is 15.1. The van der Waals surface area contributed by atoms with E-state index in [1.807, 2.05) is 72.8 Å². The molecule has 47 heavy (non-hydrogen) atoms. The average molecular weight is 638 g/mol. The number of H-pyrrole nitrogens is 1. The third-order valence-corrected chi connectivity index (χ3v) is 8.07. The second-order valence-corrected chi connectivity index (χ2v) is 11.1. The van der Waals surface area contributed by atoms with E-state index >= 15 is 0 Å². The highest BCUT2D eigenvalue weighted by atomic mass is 19.1. The molecule has 0 saturated heterocycles. The lowest BCUT2D eigenvalue weighted by molar-refractivity contribution is -0.142. The van der Waals surface area contributed by atoms with Crippen LogP contribution in [-0.4, -0.2) is 54.2 Å². The zero-order valence-electron chi connectivity index (χ0n) is 26.1. The van der Waals surface area contributed by atoms with Crippen LogP contribution in [0.2, 0.25) is 0 Å². The van der Waals surface area contributed by atoms with Crippen LogP contribution in [-0.2, 0) is 22.4 Å². The maximum atomic E-state index is 14.2. The zero-order chi connectivity index (χ0) is 33.3. The van der Waals surface area contributed by atoms with Crippen LogP contribution in [0.4, 0.5) is 4.39 Å². The Bertz CT molecular complexity index is 1860. The Hall–Kier alpha value is -5.64. The van der Waals surface area contributed by atoms with Crippen LogP contribution in [0, 0.1) is 5.82 Å². The molecule has 9 nitrogen and oxygen atoms in total. The number of ether oxygens (including phenoxy) is 2. The molecule has 0 saturated carbocycles. The fourth-order valence-corrected chi connectivity index (χ4v) is 5.52. The summed E-state index contributed by atoms with van der Waals surface area (Å²) in [6.45, 7) is 0. The van der Waals surface area contributed by atoms with Crippen molar-refractivity contribution in [3.05, 3.63) is 120 Å². The molecule has 0 bridgehead atoms. The number of rotatable bonds is 14. The molecule has 0 fully saturated rings. The first-order valence-corrected chi connectivity index (χ1v) is 15.2. The summed E-state index contributed by atoms with van der Waals surface area (Å²) in [6, 6.07) is 24.6. The van der Waals surface area contributed by atoms with Crippen molar-refractivity contribution in [2.45, 2.75) is 37.8 Å². The van der Waals surface area contributed by atoms with E-state index in [0.717, 1.165) is 45.3 Å². The van der Waals surface area contributed by atoms with Crippen LogP contribution in [0.5, 0.6) is 11.5 Å². The van der Waals surface area contributed by atoms with Gasteiger partial charge >= 0.3 is 5.97 Å². The number of nitrogens with one attached hydrogen (secondary N) is 3. The molecule has 5 aromatic rings. The van der Waals surface area contributed by atoms with E-state index < -0.39 is 35.7 Å². The van der Waals surface area contributed by atoms with Gasteiger partial charge in [0.25, 0.3) is 5.91 Å². The number of aryl methyl sites for hydroxylation is 2. The Morgan fingerprint density at radius 3 is 2.23 bits per heavy atom. The highest BCUT2D eigenvalue weighted by Gasteiger charge is 2.27. The van der Waals surface area contributed by atoms with Crippen molar-refractivity contribution in [3.8, 4) is 22.6 Å². The van der Waals surface area contributed by atoms with Gasteiger partial charge in [-0.05, 0) is 66.1 Å². The molecule has 4 N–H and O–H groups in total. The van der Waals surface area contributed by atoms with E-state index in [0.29, 0.717) is 18.6 Å². The molecule has 0 unspecified atom stereocenters. The monoisotopic (exact) mass is 637 g/mol. The number of aliphatic carboxylic acids is 1. The van der Waals surface area contributed by atoms with Gasteiger partial charge in [-0.2, -0.15) is 0 Å². The van der Waals surface area contributed by atoms with Gasteiger partial charge in [0.2, 0.25) is 5.91 Å². The summed E-state index contributed by atoms with van der Waals surface area (Å²) in [6.07, 6.45) is 2.84. The zero-order valence-corrected chi connectivity index (χ0v) is 26.1. The summed E-state index contributed by atoms with van der Waals surface area (Å²) in [5, 5.41) is 16.2. The normalized spacial score (nSPS) is 12.2. The molecular formula is C37H36FN3O6. The Kier molecular flexibility index (Phi) is 10.5. The lowest BCUT2D eigenvalue weighted by atomic mass is 9.99. The average Bonchev–Trinajstić information content (AvgIpc) is 3.51. The third kappa shape index (κ3) is 8.15. The molecule has 2 atom stereocenters. The maximum Gasteiger partial charge on any atom is 0.326 e. The number of fused-ring (bicyclic) bond motifs is 1. The van der Waals surface area contributed by atoms with Crippen molar-refractivity contribution in [3.63, 3.8) is 0 Å². The van der Waals surface area contributed by atoms with E-state index in [1.54, 1.807) is 13.3 Å². The minimum Gasteiger partial charge on any atom is -0.497 e. The van der Waals surface area contributed by atoms with Gasteiger partial charge < -0.3 is 30.2 Å². The summed E-state index contributed by atoms with van der Waals surface area (Å²) in [7, 11) is 2.93. The van der Waals surface area contributed by atoms with Crippen molar-refractivity contribution in [2.75, 3.05) is 14.2 Å². The van der Waals surface area contributed by atoms with E-state index in [1.165, 1.54) is 13.2 Å². The van der Waals surface area contributed by atoms with Crippen LogP contribution in [0.15, 0.2) is 97.2 Å². The molecule has 242 valence electrons. The summed E-state index contributed by atoms with van der Waals surface area (Å²) in [5.74, 6) is -2.41. The minimum atomic E-state index is -1.23. The molecular weight excluding hydrogens is 601 g/mol. The fourth-order valence-electron chi connectivity index (χ4n) is 5.52. The minimum absolute atomic E-state index is 0.0311. The van der Waals surface area contributed by atoms with Gasteiger partial charge in [0.05, 0.1) is 19.7 Å². The second-order valence-electron chi connectivity index (χ2n) is 11.1. The van der Waals surface area contributed by atoms with Gasteiger partial charge in [0, 0.05) is 23.2 Å². The van der Waals surface area contributed by atoms with Crippen molar-refractivity contribution in [1.29, 1.82) is 0 Å².